The summed E-state index contributed by atoms with van der Waals surface area (Å²) in [7, 11) is 0. The number of rotatable bonds is 8. The highest BCUT2D eigenvalue weighted by molar-refractivity contribution is 5.76. The molecule has 1 saturated carbocycles. The molecule has 0 radical (unpaired) electrons. The SMILES string of the molecule is O=C(CCCNCc1cc(F)ccc1[N+](=O)[O-])NC1CC1. The van der Waals surface area contributed by atoms with E-state index in [-0.39, 0.29) is 18.1 Å². The number of nitrogens with zero attached hydrogens (tertiary/aromatic N) is 1. The summed E-state index contributed by atoms with van der Waals surface area (Å²) in [6, 6.07) is 3.75. The fraction of sp³-hybridized carbons (Fsp3) is 0.500. The van der Waals surface area contributed by atoms with Crippen molar-refractivity contribution in [1.29, 1.82) is 0 Å². The minimum absolute atomic E-state index is 0.0380. The Labute approximate surface area is 121 Å². The van der Waals surface area contributed by atoms with Gasteiger partial charge in [0, 0.05) is 30.6 Å². The van der Waals surface area contributed by atoms with Gasteiger partial charge in [-0.05, 0) is 37.9 Å². The van der Waals surface area contributed by atoms with Gasteiger partial charge in [-0.3, -0.25) is 14.9 Å². The first kappa shape index (κ1) is 15.4. The van der Waals surface area contributed by atoms with Crippen molar-refractivity contribution in [2.75, 3.05) is 6.54 Å². The van der Waals surface area contributed by atoms with Crippen molar-refractivity contribution in [2.24, 2.45) is 0 Å². The first-order chi connectivity index (χ1) is 10.1. The number of nitro benzene ring substituents is 1. The Hall–Kier alpha value is -2.02. The van der Waals surface area contributed by atoms with E-state index in [1.165, 1.54) is 0 Å². The van der Waals surface area contributed by atoms with Crippen molar-refractivity contribution in [3.05, 3.63) is 39.7 Å². The molecule has 21 heavy (non-hydrogen) atoms. The molecule has 7 heteroatoms. The summed E-state index contributed by atoms with van der Waals surface area (Å²) in [5.74, 6) is -0.461. The number of benzene rings is 1. The van der Waals surface area contributed by atoms with Crippen LogP contribution in [0.3, 0.4) is 0 Å². The molecule has 0 aliphatic heterocycles. The number of nitrogens with one attached hydrogen (secondary N) is 2. The smallest absolute Gasteiger partial charge is 0.274 e. The quantitative estimate of drug-likeness (QED) is 0.436. The molecule has 0 atom stereocenters. The van der Waals surface area contributed by atoms with Crippen LogP contribution in [-0.2, 0) is 11.3 Å². The summed E-state index contributed by atoms with van der Waals surface area (Å²) < 4.78 is 13.1. The molecule has 1 fully saturated rings. The maximum atomic E-state index is 13.1. The van der Waals surface area contributed by atoms with Crippen molar-refractivity contribution >= 4 is 11.6 Å². The third-order valence-corrected chi connectivity index (χ3v) is 3.25. The van der Waals surface area contributed by atoms with Crippen LogP contribution in [0.2, 0.25) is 0 Å². The van der Waals surface area contributed by atoms with E-state index in [1.807, 2.05) is 0 Å². The van der Waals surface area contributed by atoms with E-state index < -0.39 is 10.7 Å². The second kappa shape index (κ2) is 7.12. The first-order valence-electron chi connectivity index (χ1n) is 6.99. The summed E-state index contributed by atoms with van der Waals surface area (Å²) >= 11 is 0. The van der Waals surface area contributed by atoms with E-state index >= 15 is 0 Å². The number of hydrogen-bond acceptors (Lipinski definition) is 4. The van der Waals surface area contributed by atoms with Gasteiger partial charge in [0.15, 0.2) is 0 Å². The molecular weight excluding hydrogens is 277 g/mol. The minimum atomic E-state index is -0.528. The second-order valence-corrected chi connectivity index (χ2v) is 5.15. The molecule has 0 aromatic heterocycles. The zero-order valence-corrected chi connectivity index (χ0v) is 11.6. The Kier molecular flexibility index (Phi) is 5.21. The van der Waals surface area contributed by atoms with Crippen LogP contribution >= 0.6 is 0 Å². The number of carbonyl (C=O) groups is 1. The highest BCUT2D eigenvalue weighted by Gasteiger charge is 2.22. The van der Waals surface area contributed by atoms with E-state index in [0.29, 0.717) is 31.0 Å². The highest BCUT2D eigenvalue weighted by Crippen LogP contribution is 2.19. The fourth-order valence-electron chi connectivity index (χ4n) is 2.00. The van der Waals surface area contributed by atoms with Crippen molar-refractivity contribution in [3.63, 3.8) is 0 Å². The third kappa shape index (κ3) is 5.11. The van der Waals surface area contributed by atoms with Crippen LogP contribution in [0.1, 0.15) is 31.2 Å². The van der Waals surface area contributed by atoms with Gasteiger partial charge < -0.3 is 10.6 Å². The number of halogens is 1. The van der Waals surface area contributed by atoms with Crippen molar-refractivity contribution < 1.29 is 14.1 Å². The monoisotopic (exact) mass is 295 g/mol. The van der Waals surface area contributed by atoms with Gasteiger partial charge in [0.05, 0.1) is 4.92 Å². The van der Waals surface area contributed by atoms with Gasteiger partial charge in [0.2, 0.25) is 5.91 Å². The molecule has 0 unspecified atom stereocenters. The standard InChI is InChI=1S/C14H18FN3O3/c15-11-3-6-13(18(20)21)10(8-11)9-16-7-1-2-14(19)17-12-4-5-12/h3,6,8,12,16H,1-2,4-5,7,9H2,(H,17,19). The summed E-state index contributed by atoms with van der Waals surface area (Å²) in [4.78, 5) is 21.7. The van der Waals surface area contributed by atoms with Gasteiger partial charge in [0.25, 0.3) is 5.69 Å². The lowest BCUT2D eigenvalue weighted by Crippen LogP contribution is -2.26. The zero-order valence-electron chi connectivity index (χ0n) is 11.6. The van der Waals surface area contributed by atoms with Crippen molar-refractivity contribution in [1.82, 2.24) is 10.6 Å². The molecule has 1 aromatic rings. The van der Waals surface area contributed by atoms with E-state index in [0.717, 1.165) is 31.0 Å². The Morgan fingerprint density at radius 3 is 2.86 bits per heavy atom. The summed E-state index contributed by atoms with van der Waals surface area (Å²) in [5, 5.41) is 16.7. The van der Waals surface area contributed by atoms with Crippen molar-refractivity contribution in [2.45, 2.75) is 38.3 Å². The maximum absolute atomic E-state index is 13.1. The molecule has 0 spiro atoms. The summed E-state index contributed by atoms with van der Waals surface area (Å²) in [5.41, 5.74) is 0.206. The van der Waals surface area contributed by atoms with E-state index in [4.69, 9.17) is 0 Å². The Morgan fingerprint density at radius 1 is 1.43 bits per heavy atom. The molecular formula is C14H18FN3O3. The Balaban J connectivity index is 1.71. The molecule has 114 valence electrons. The molecule has 2 N–H and O–H groups in total. The molecule has 1 aliphatic rings. The van der Waals surface area contributed by atoms with Crippen LogP contribution < -0.4 is 10.6 Å². The van der Waals surface area contributed by atoms with Crippen LogP contribution in [0.4, 0.5) is 10.1 Å². The average molecular weight is 295 g/mol. The molecule has 0 saturated heterocycles. The van der Waals surface area contributed by atoms with Crippen LogP contribution in [0.25, 0.3) is 0 Å². The molecule has 0 heterocycles. The van der Waals surface area contributed by atoms with E-state index in [2.05, 4.69) is 10.6 Å². The second-order valence-electron chi connectivity index (χ2n) is 5.15. The lowest BCUT2D eigenvalue weighted by Gasteiger charge is -2.06. The number of nitro groups is 1. The van der Waals surface area contributed by atoms with Gasteiger partial charge in [0.1, 0.15) is 5.82 Å². The molecule has 1 aromatic carbocycles. The lowest BCUT2D eigenvalue weighted by atomic mass is 10.1. The van der Waals surface area contributed by atoms with E-state index in [1.54, 1.807) is 0 Å². The van der Waals surface area contributed by atoms with Gasteiger partial charge >= 0.3 is 0 Å². The first-order valence-corrected chi connectivity index (χ1v) is 6.99. The van der Waals surface area contributed by atoms with Crippen LogP contribution in [0.15, 0.2) is 18.2 Å². The highest BCUT2D eigenvalue weighted by atomic mass is 19.1. The Morgan fingerprint density at radius 2 is 2.19 bits per heavy atom. The van der Waals surface area contributed by atoms with Crippen LogP contribution in [0, 0.1) is 15.9 Å². The average Bonchev–Trinajstić information content (AvgIpc) is 3.22. The zero-order chi connectivity index (χ0) is 15.2. The lowest BCUT2D eigenvalue weighted by molar-refractivity contribution is -0.385. The molecule has 1 amide bonds. The maximum Gasteiger partial charge on any atom is 0.274 e. The number of amides is 1. The van der Waals surface area contributed by atoms with Crippen LogP contribution in [0.5, 0.6) is 0 Å². The third-order valence-electron chi connectivity index (χ3n) is 3.25. The van der Waals surface area contributed by atoms with Gasteiger partial charge in [-0.15, -0.1) is 0 Å². The fourth-order valence-corrected chi connectivity index (χ4v) is 2.00. The Bertz CT molecular complexity index is 532. The van der Waals surface area contributed by atoms with Crippen molar-refractivity contribution in [3.8, 4) is 0 Å². The number of carbonyl (C=O) groups excluding carboxylic acids is 1. The minimum Gasteiger partial charge on any atom is -0.353 e. The van der Waals surface area contributed by atoms with Crippen LogP contribution in [-0.4, -0.2) is 23.4 Å². The molecule has 6 nitrogen and oxygen atoms in total. The molecule has 0 bridgehead atoms. The predicted octanol–water partition coefficient (Wildman–Crippen LogP) is 1.88. The topological polar surface area (TPSA) is 84.3 Å². The largest absolute Gasteiger partial charge is 0.353 e. The molecule has 1 aliphatic carbocycles. The summed E-state index contributed by atoms with van der Waals surface area (Å²) in [6.07, 6.45) is 3.19. The van der Waals surface area contributed by atoms with E-state index in [9.17, 15) is 19.3 Å². The van der Waals surface area contributed by atoms with Gasteiger partial charge in [-0.1, -0.05) is 0 Å². The van der Waals surface area contributed by atoms with Gasteiger partial charge in [-0.25, -0.2) is 4.39 Å². The number of hydrogen-bond donors (Lipinski definition) is 2. The normalized spacial score (nSPS) is 14.0. The van der Waals surface area contributed by atoms with Gasteiger partial charge in [-0.2, -0.15) is 0 Å². The molecule has 2 rings (SSSR count). The predicted molar refractivity (Wildman–Crippen MR) is 75.2 cm³/mol. The summed E-state index contributed by atoms with van der Waals surface area (Å²) in [6.45, 7) is 0.754.